The van der Waals surface area contributed by atoms with E-state index >= 15 is 0 Å². The van der Waals surface area contributed by atoms with Crippen molar-refractivity contribution in [2.24, 2.45) is 0 Å². The van der Waals surface area contributed by atoms with E-state index in [1.54, 1.807) is 6.07 Å². The summed E-state index contributed by atoms with van der Waals surface area (Å²) in [5.41, 5.74) is -0.325. The molecular weight excluding hydrogens is 514 g/mol. The average Bonchev–Trinajstić information content (AvgIpc) is 3.10. The van der Waals surface area contributed by atoms with Crippen molar-refractivity contribution in [1.82, 2.24) is 10.0 Å². The average molecular weight is 534 g/mol. The second-order valence-electron chi connectivity index (χ2n) is 8.51. The molecule has 1 aliphatic carbocycles. The third kappa shape index (κ3) is 5.60. The second kappa shape index (κ2) is 9.40. The Morgan fingerprint density at radius 3 is 2.29 bits per heavy atom. The Hall–Kier alpha value is -2.70. The van der Waals surface area contributed by atoms with Crippen LogP contribution in [0.25, 0.3) is 0 Å². The van der Waals surface area contributed by atoms with E-state index in [9.17, 15) is 35.6 Å². The molecule has 0 bridgehead atoms. The molecule has 0 aromatic heterocycles. The van der Waals surface area contributed by atoms with Gasteiger partial charge in [-0.05, 0) is 24.6 Å². The van der Waals surface area contributed by atoms with Crippen molar-refractivity contribution in [2.75, 3.05) is 10.7 Å². The highest BCUT2D eigenvalue weighted by Crippen LogP contribution is 2.39. The normalized spacial score (nSPS) is 21.7. The molecule has 35 heavy (non-hydrogen) atoms. The zero-order valence-corrected chi connectivity index (χ0v) is 19.6. The molecule has 2 amide bonds. The van der Waals surface area contributed by atoms with Gasteiger partial charge in [0, 0.05) is 35.5 Å². The largest absolute Gasteiger partial charge is 0.351 e. The van der Waals surface area contributed by atoms with Crippen molar-refractivity contribution in [3.63, 3.8) is 0 Å². The molecule has 2 aromatic rings. The first kappa shape index (κ1) is 25.4. The standard InChI is InChI=1S/C22H20ClF4N3O4S/c23-17-4-2-1-3-16(17)19(20(31)28-14-10-22(26,27)11-14)30(15-8-12(24)7-13(25)9-15)21(32)18-5-6-35(33,34)29-18/h1-4,7-9,14,18-19,29H,5-6,10-11H2,(H,28,31)/t18-,19?/m0/s1. The van der Waals surface area contributed by atoms with Gasteiger partial charge in [0.05, 0.1) is 11.4 Å². The SMILES string of the molecule is O=C(NC1CC(F)(F)C1)C(c1ccccc1Cl)N(C(=O)[C@@H]1CCS(=O)(=O)N1)c1cc(F)cc(F)c1. The van der Waals surface area contributed by atoms with Crippen LogP contribution in [0.15, 0.2) is 42.5 Å². The Labute approximate surface area is 203 Å². The van der Waals surface area contributed by atoms with E-state index in [4.69, 9.17) is 11.6 Å². The van der Waals surface area contributed by atoms with Gasteiger partial charge >= 0.3 is 0 Å². The lowest BCUT2D eigenvalue weighted by Gasteiger charge is -2.38. The number of benzene rings is 2. The van der Waals surface area contributed by atoms with E-state index < -0.39 is 70.4 Å². The molecule has 2 N–H and O–H groups in total. The number of hydrogen-bond acceptors (Lipinski definition) is 4. The number of carbonyl (C=O) groups is 2. The van der Waals surface area contributed by atoms with Gasteiger partial charge in [-0.1, -0.05) is 29.8 Å². The molecule has 2 fully saturated rings. The number of rotatable bonds is 6. The number of nitrogens with one attached hydrogen (secondary N) is 2. The minimum atomic E-state index is -3.77. The lowest BCUT2D eigenvalue weighted by atomic mass is 9.87. The van der Waals surface area contributed by atoms with Crippen LogP contribution >= 0.6 is 11.6 Å². The lowest BCUT2D eigenvalue weighted by Crippen LogP contribution is -2.55. The number of sulfonamides is 1. The molecule has 1 saturated carbocycles. The minimum absolute atomic E-state index is 0.0215. The zero-order chi connectivity index (χ0) is 25.5. The third-order valence-electron chi connectivity index (χ3n) is 5.80. The van der Waals surface area contributed by atoms with Gasteiger partial charge in [-0.15, -0.1) is 0 Å². The highest BCUT2D eigenvalue weighted by molar-refractivity contribution is 7.89. The summed E-state index contributed by atoms with van der Waals surface area (Å²) in [6, 6.07) is 4.18. The monoisotopic (exact) mass is 533 g/mol. The van der Waals surface area contributed by atoms with Crippen LogP contribution in [0.4, 0.5) is 23.2 Å². The van der Waals surface area contributed by atoms with Crippen LogP contribution in [0.5, 0.6) is 0 Å². The molecule has 188 valence electrons. The van der Waals surface area contributed by atoms with E-state index in [2.05, 4.69) is 10.0 Å². The molecule has 7 nitrogen and oxygen atoms in total. The molecule has 2 atom stereocenters. The predicted molar refractivity (Wildman–Crippen MR) is 119 cm³/mol. The first-order valence-electron chi connectivity index (χ1n) is 10.6. The van der Waals surface area contributed by atoms with Gasteiger partial charge in [0.15, 0.2) is 0 Å². The van der Waals surface area contributed by atoms with Crippen LogP contribution in [0.3, 0.4) is 0 Å². The molecule has 13 heteroatoms. The number of carbonyl (C=O) groups excluding carboxylic acids is 2. The van der Waals surface area contributed by atoms with Crippen molar-refractivity contribution in [1.29, 1.82) is 0 Å². The Kier molecular flexibility index (Phi) is 6.82. The first-order chi connectivity index (χ1) is 16.3. The summed E-state index contributed by atoms with van der Waals surface area (Å²) in [4.78, 5) is 27.7. The zero-order valence-electron chi connectivity index (χ0n) is 18.0. The smallest absolute Gasteiger partial charge is 0.252 e. The summed E-state index contributed by atoms with van der Waals surface area (Å²) in [6.45, 7) is 0. The van der Waals surface area contributed by atoms with Gasteiger partial charge in [-0.3, -0.25) is 14.5 Å². The van der Waals surface area contributed by atoms with Crippen LogP contribution in [0, 0.1) is 11.6 Å². The van der Waals surface area contributed by atoms with E-state index in [1.807, 2.05) is 0 Å². The fraction of sp³-hybridized carbons (Fsp3) is 0.364. The van der Waals surface area contributed by atoms with E-state index in [-0.39, 0.29) is 28.4 Å². The number of amides is 2. The van der Waals surface area contributed by atoms with Gasteiger partial charge in [0.1, 0.15) is 23.7 Å². The van der Waals surface area contributed by atoms with E-state index in [1.165, 1.54) is 18.2 Å². The molecular formula is C22H20ClF4N3O4S. The lowest BCUT2D eigenvalue weighted by molar-refractivity contribution is -0.133. The number of halogens is 5. The summed E-state index contributed by atoms with van der Waals surface area (Å²) in [5.74, 6) is -7.30. The van der Waals surface area contributed by atoms with Crippen LogP contribution < -0.4 is 14.9 Å². The molecule has 0 radical (unpaired) electrons. The van der Waals surface area contributed by atoms with Crippen LogP contribution in [0.2, 0.25) is 5.02 Å². The number of alkyl halides is 2. The maximum Gasteiger partial charge on any atom is 0.252 e. The van der Waals surface area contributed by atoms with E-state index in [0.29, 0.717) is 6.07 Å². The molecule has 4 rings (SSSR count). The van der Waals surface area contributed by atoms with Crippen LogP contribution in [-0.4, -0.2) is 44.0 Å². The molecule has 1 saturated heterocycles. The minimum Gasteiger partial charge on any atom is -0.351 e. The second-order valence-corrected chi connectivity index (χ2v) is 10.8. The fourth-order valence-electron chi connectivity index (χ4n) is 4.17. The summed E-state index contributed by atoms with van der Waals surface area (Å²) < 4.78 is 81.0. The van der Waals surface area contributed by atoms with Crippen molar-refractivity contribution >= 4 is 39.1 Å². The molecule has 0 spiro atoms. The molecule has 2 aliphatic rings. The first-order valence-corrected chi connectivity index (χ1v) is 12.6. The van der Waals surface area contributed by atoms with Crippen LogP contribution in [0.1, 0.15) is 30.9 Å². The number of hydrogen-bond donors (Lipinski definition) is 2. The molecule has 1 heterocycles. The van der Waals surface area contributed by atoms with Gasteiger partial charge in [-0.2, -0.15) is 0 Å². The number of nitrogens with zero attached hydrogens (tertiary/aromatic N) is 1. The molecule has 2 aromatic carbocycles. The van der Waals surface area contributed by atoms with Gasteiger partial charge in [0.25, 0.3) is 5.92 Å². The quantitative estimate of drug-likeness (QED) is 0.557. The van der Waals surface area contributed by atoms with Crippen molar-refractivity contribution < 1.29 is 35.6 Å². The fourth-order valence-corrected chi connectivity index (χ4v) is 5.72. The maximum absolute atomic E-state index is 14.2. The Morgan fingerprint density at radius 1 is 1.11 bits per heavy atom. The van der Waals surface area contributed by atoms with Gasteiger partial charge < -0.3 is 5.32 Å². The summed E-state index contributed by atoms with van der Waals surface area (Å²) in [7, 11) is -3.77. The number of anilines is 1. The van der Waals surface area contributed by atoms with Crippen molar-refractivity contribution in [3.05, 3.63) is 64.7 Å². The summed E-state index contributed by atoms with van der Waals surface area (Å²) >= 11 is 6.30. The van der Waals surface area contributed by atoms with Gasteiger partial charge in [0.2, 0.25) is 21.8 Å². The van der Waals surface area contributed by atoms with Crippen LogP contribution in [-0.2, 0) is 19.6 Å². The van der Waals surface area contributed by atoms with Crippen molar-refractivity contribution in [3.8, 4) is 0 Å². The van der Waals surface area contributed by atoms with Crippen molar-refractivity contribution in [2.45, 2.75) is 43.3 Å². The Morgan fingerprint density at radius 2 is 1.74 bits per heavy atom. The predicted octanol–water partition coefficient (Wildman–Crippen LogP) is 3.30. The highest BCUT2D eigenvalue weighted by atomic mass is 35.5. The highest BCUT2D eigenvalue weighted by Gasteiger charge is 2.48. The molecule has 1 unspecified atom stereocenters. The maximum atomic E-state index is 14.2. The Balaban J connectivity index is 1.81. The topological polar surface area (TPSA) is 95.6 Å². The summed E-state index contributed by atoms with van der Waals surface area (Å²) in [5, 5.41) is 2.46. The van der Waals surface area contributed by atoms with Gasteiger partial charge in [-0.25, -0.2) is 30.7 Å². The third-order valence-corrected chi connectivity index (χ3v) is 7.56. The van der Waals surface area contributed by atoms with E-state index in [0.717, 1.165) is 17.0 Å². The molecule has 1 aliphatic heterocycles. The summed E-state index contributed by atoms with van der Waals surface area (Å²) in [6.07, 6.45) is -1.38. The Bertz CT molecular complexity index is 1250.